The summed E-state index contributed by atoms with van der Waals surface area (Å²) in [5.74, 6) is -0.688. The fraction of sp³-hybridized carbons (Fsp3) is 0.917. The second kappa shape index (κ2) is 7.69. The molecule has 0 fully saturated rings. The van der Waals surface area contributed by atoms with Crippen LogP contribution in [-0.4, -0.2) is 24.3 Å². The number of unbranched alkanes of at least 4 members (excludes halogenated alkanes) is 1. The van der Waals surface area contributed by atoms with Crippen molar-refractivity contribution in [1.82, 2.24) is 0 Å². The van der Waals surface area contributed by atoms with Crippen LogP contribution in [0.2, 0.25) is 0 Å². The topological polar surface area (TPSA) is 46.5 Å². The van der Waals surface area contributed by atoms with Gasteiger partial charge in [0.05, 0.1) is 5.41 Å². The van der Waals surface area contributed by atoms with Gasteiger partial charge in [0.15, 0.2) is 0 Å². The Bertz CT molecular complexity index is 174. The molecule has 0 bridgehead atoms. The Labute approximate surface area is 92.8 Å². The summed E-state index contributed by atoms with van der Waals surface area (Å²) in [5.41, 5.74) is -0.577. The van der Waals surface area contributed by atoms with Gasteiger partial charge in [-0.05, 0) is 25.7 Å². The predicted octanol–water partition coefficient (Wildman–Crippen LogP) is 3.08. The minimum absolute atomic E-state index is 0.563. The highest BCUT2D eigenvalue weighted by Crippen LogP contribution is 2.30. The van der Waals surface area contributed by atoms with Crippen molar-refractivity contribution in [3.05, 3.63) is 0 Å². The highest BCUT2D eigenvalue weighted by molar-refractivity contribution is 5.74. The van der Waals surface area contributed by atoms with Gasteiger partial charge in [-0.2, -0.15) is 0 Å². The summed E-state index contributed by atoms with van der Waals surface area (Å²) in [6, 6.07) is 0. The molecule has 3 heteroatoms. The minimum Gasteiger partial charge on any atom is -0.481 e. The first-order valence-electron chi connectivity index (χ1n) is 5.94. The third kappa shape index (κ3) is 4.65. The number of aliphatic carboxylic acids is 1. The molecule has 1 N–H and O–H groups in total. The summed E-state index contributed by atoms with van der Waals surface area (Å²) in [6.45, 7) is 7.30. The molecule has 0 aromatic carbocycles. The van der Waals surface area contributed by atoms with Gasteiger partial charge in [0, 0.05) is 13.2 Å². The maximum atomic E-state index is 11.1. The van der Waals surface area contributed by atoms with E-state index in [9.17, 15) is 9.90 Å². The monoisotopic (exact) mass is 216 g/mol. The van der Waals surface area contributed by atoms with Gasteiger partial charge in [-0.3, -0.25) is 4.79 Å². The van der Waals surface area contributed by atoms with E-state index in [0.717, 1.165) is 19.4 Å². The zero-order valence-electron chi connectivity index (χ0n) is 10.2. The van der Waals surface area contributed by atoms with Crippen molar-refractivity contribution in [2.24, 2.45) is 5.41 Å². The molecule has 0 amide bonds. The smallest absolute Gasteiger partial charge is 0.309 e. The average Bonchev–Trinajstić information content (AvgIpc) is 2.23. The molecular weight excluding hydrogens is 192 g/mol. The quantitative estimate of drug-likeness (QED) is 0.602. The lowest BCUT2D eigenvalue weighted by Gasteiger charge is -2.26. The minimum atomic E-state index is -0.688. The molecule has 0 spiro atoms. The molecule has 0 atom stereocenters. The van der Waals surface area contributed by atoms with Gasteiger partial charge in [-0.1, -0.05) is 27.2 Å². The maximum absolute atomic E-state index is 11.1. The van der Waals surface area contributed by atoms with Crippen LogP contribution in [0.1, 0.15) is 52.9 Å². The van der Waals surface area contributed by atoms with E-state index in [1.165, 1.54) is 0 Å². The second-order valence-corrected chi connectivity index (χ2v) is 4.01. The van der Waals surface area contributed by atoms with E-state index in [2.05, 4.69) is 6.92 Å². The zero-order valence-corrected chi connectivity index (χ0v) is 10.2. The van der Waals surface area contributed by atoms with E-state index in [1.54, 1.807) is 0 Å². The SMILES string of the molecule is CCCCOCCC(CC)(CC)C(=O)O. The van der Waals surface area contributed by atoms with E-state index in [1.807, 2.05) is 13.8 Å². The van der Waals surface area contributed by atoms with E-state index >= 15 is 0 Å². The highest BCUT2D eigenvalue weighted by atomic mass is 16.5. The molecule has 0 heterocycles. The molecule has 15 heavy (non-hydrogen) atoms. The molecule has 0 radical (unpaired) electrons. The van der Waals surface area contributed by atoms with Crippen molar-refractivity contribution in [1.29, 1.82) is 0 Å². The van der Waals surface area contributed by atoms with Crippen LogP contribution in [-0.2, 0) is 9.53 Å². The van der Waals surface area contributed by atoms with E-state index < -0.39 is 11.4 Å². The summed E-state index contributed by atoms with van der Waals surface area (Å²) in [7, 11) is 0. The molecule has 0 aliphatic heterocycles. The van der Waals surface area contributed by atoms with Gasteiger partial charge < -0.3 is 9.84 Å². The van der Waals surface area contributed by atoms with Crippen molar-refractivity contribution in [2.45, 2.75) is 52.9 Å². The largest absolute Gasteiger partial charge is 0.481 e. The second-order valence-electron chi connectivity index (χ2n) is 4.01. The predicted molar refractivity (Wildman–Crippen MR) is 61.0 cm³/mol. The number of hydrogen-bond donors (Lipinski definition) is 1. The van der Waals surface area contributed by atoms with E-state index in [0.29, 0.717) is 25.9 Å². The molecule has 0 rings (SSSR count). The molecule has 0 aromatic rings. The molecule has 0 unspecified atom stereocenters. The molecule has 3 nitrogen and oxygen atoms in total. The molecule has 90 valence electrons. The van der Waals surface area contributed by atoms with Crippen LogP contribution < -0.4 is 0 Å². The highest BCUT2D eigenvalue weighted by Gasteiger charge is 2.34. The van der Waals surface area contributed by atoms with Crippen LogP contribution >= 0.6 is 0 Å². The first-order valence-corrected chi connectivity index (χ1v) is 5.94. The van der Waals surface area contributed by atoms with Crippen LogP contribution in [0.3, 0.4) is 0 Å². The molecule has 0 aliphatic carbocycles. The van der Waals surface area contributed by atoms with Crippen LogP contribution in [0, 0.1) is 5.41 Å². The fourth-order valence-corrected chi connectivity index (χ4v) is 1.63. The van der Waals surface area contributed by atoms with Gasteiger partial charge in [0.1, 0.15) is 0 Å². The third-order valence-electron chi connectivity index (χ3n) is 3.17. The molecule has 0 aromatic heterocycles. The van der Waals surface area contributed by atoms with Crippen molar-refractivity contribution in [3.63, 3.8) is 0 Å². The average molecular weight is 216 g/mol. The lowest BCUT2D eigenvalue weighted by molar-refractivity contribution is -0.150. The number of carbonyl (C=O) groups is 1. The normalized spacial score (nSPS) is 11.7. The Morgan fingerprint density at radius 1 is 1.20 bits per heavy atom. The third-order valence-corrected chi connectivity index (χ3v) is 3.17. The van der Waals surface area contributed by atoms with Crippen LogP contribution in [0.15, 0.2) is 0 Å². The van der Waals surface area contributed by atoms with Gasteiger partial charge in [0.2, 0.25) is 0 Å². The van der Waals surface area contributed by atoms with Gasteiger partial charge in [-0.15, -0.1) is 0 Å². The Morgan fingerprint density at radius 3 is 2.20 bits per heavy atom. The maximum Gasteiger partial charge on any atom is 0.309 e. The van der Waals surface area contributed by atoms with Crippen LogP contribution in [0.4, 0.5) is 0 Å². The Hall–Kier alpha value is -0.570. The molecule has 0 aliphatic rings. The zero-order chi connectivity index (χ0) is 11.7. The van der Waals surface area contributed by atoms with E-state index in [4.69, 9.17) is 4.74 Å². The van der Waals surface area contributed by atoms with E-state index in [-0.39, 0.29) is 0 Å². The Morgan fingerprint density at radius 2 is 1.80 bits per heavy atom. The van der Waals surface area contributed by atoms with Crippen molar-refractivity contribution < 1.29 is 14.6 Å². The van der Waals surface area contributed by atoms with Crippen molar-refractivity contribution in [3.8, 4) is 0 Å². The Kier molecular flexibility index (Phi) is 7.39. The number of carboxylic acids is 1. The summed E-state index contributed by atoms with van der Waals surface area (Å²) < 4.78 is 5.42. The lowest BCUT2D eigenvalue weighted by atomic mass is 9.79. The Balaban J connectivity index is 3.91. The fourth-order valence-electron chi connectivity index (χ4n) is 1.63. The van der Waals surface area contributed by atoms with Crippen molar-refractivity contribution in [2.75, 3.05) is 13.2 Å². The summed E-state index contributed by atoms with van der Waals surface area (Å²) in [6.07, 6.45) is 4.15. The van der Waals surface area contributed by atoms with Gasteiger partial charge >= 0.3 is 5.97 Å². The van der Waals surface area contributed by atoms with Crippen molar-refractivity contribution >= 4 is 5.97 Å². The summed E-state index contributed by atoms with van der Waals surface area (Å²) in [4.78, 5) is 11.1. The first-order chi connectivity index (χ1) is 7.13. The number of hydrogen-bond acceptors (Lipinski definition) is 2. The van der Waals surface area contributed by atoms with Crippen LogP contribution in [0.5, 0.6) is 0 Å². The summed E-state index contributed by atoms with van der Waals surface area (Å²) in [5, 5.41) is 9.17. The molecule has 0 saturated heterocycles. The molecule has 0 saturated carbocycles. The number of carboxylic acid groups (broad SMARTS) is 1. The number of rotatable bonds is 9. The lowest BCUT2D eigenvalue weighted by Crippen LogP contribution is -2.31. The standard InChI is InChI=1S/C12H24O3/c1-4-7-9-15-10-8-12(5-2,6-3)11(13)14/h4-10H2,1-3H3,(H,13,14). The van der Waals surface area contributed by atoms with Gasteiger partial charge in [-0.25, -0.2) is 0 Å². The summed E-state index contributed by atoms with van der Waals surface area (Å²) >= 11 is 0. The number of ether oxygens (including phenoxy) is 1. The van der Waals surface area contributed by atoms with Gasteiger partial charge in [0.25, 0.3) is 0 Å². The van der Waals surface area contributed by atoms with Crippen LogP contribution in [0.25, 0.3) is 0 Å². The first kappa shape index (κ1) is 14.4. The molecular formula is C12H24O3.